The van der Waals surface area contributed by atoms with E-state index >= 15 is 0 Å². The van der Waals surface area contributed by atoms with Crippen molar-refractivity contribution in [2.45, 2.75) is 19.9 Å². The molecule has 2 aliphatic rings. The summed E-state index contributed by atoms with van der Waals surface area (Å²) in [6.45, 7) is 6.08. The monoisotopic (exact) mass is 514 g/mol. The maximum absolute atomic E-state index is 13.5. The van der Waals surface area contributed by atoms with Crippen LogP contribution in [-0.4, -0.2) is 50.2 Å². The first-order valence-electron chi connectivity index (χ1n) is 12.7. The zero-order chi connectivity index (χ0) is 26.8. The van der Waals surface area contributed by atoms with Gasteiger partial charge in [0.25, 0.3) is 11.7 Å². The van der Waals surface area contributed by atoms with Crippen molar-refractivity contribution in [3.05, 3.63) is 83.4 Å². The zero-order valence-electron chi connectivity index (χ0n) is 21.6. The molecule has 0 spiro atoms. The third-order valence-electron chi connectivity index (χ3n) is 6.71. The van der Waals surface area contributed by atoms with Crippen LogP contribution < -0.4 is 24.0 Å². The van der Waals surface area contributed by atoms with Gasteiger partial charge in [0.15, 0.2) is 0 Å². The number of carbonyl (C=O) groups is 2. The smallest absolute Gasteiger partial charge is 0.300 e. The number of anilines is 2. The van der Waals surface area contributed by atoms with Gasteiger partial charge in [-0.3, -0.25) is 14.5 Å². The van der Waals surface area contributed by atoms with Gasteiger partial charge in [0.05, 0.1) is 37.1 Å². The van der Waals surface area contributed by atoms with E-state index in [1.165, 1.54) is 4.90 Å². The summed E-state index contributed by atoms with van der Waals surface area (Å²) in [4.78, 5) is 30.4. The lowest BCUT2D eigenvalue weighted by atomic mass is 9.94. The van der Waals surface area contributed by atoms with Gasteiger partial charge in [0.1, 0.15) is 29.6 Å². The minimum absolute atomic E-state index is 0.0207. The molecule has 2 aliphatic heterocycles. The van der Waals surface area contributed by atoms with E-state index in [1.54, 1.807) is 54.6 Å². The minimum Gasteiger partial charge on any atom is -0.507 e. The van der Waals surface area contributed by atoms with E-state index in [0.29, 0.717) is 60.4 Å². The summed E-state index contributed by atoms with van der Waals surface area (Å²) < 4.78 is 16.8. The fraction of sp³-hybridized carbons (Fsp3) is 0.267. The lowest BCUT2D eigenvalue weighted by Gasteiger charge is -2.28. The maximum atomic E-state index is 13.5. The summed E-state index contributed by atoms with van der Waals surface area (Å²) in [6.07, 6.45) is 0. The van der Waals surface area contributed by atoms with E-state index in [1.807, 2.05) is 37.9 Å². The molecule has 1 atom stereocenters. The number of fused-ring (bicyclic) bond motifs is 1. The molecular weight excluding hydrogens is 484 g/mol. The molecule has 5 rings (SSSR count). The van der Waals surface area contributed by atoms with Gasteiger partial charge in [0.2, 0.25) is 0 Å². The molecule has 2 heterocycles. The highest BCUT2D eigenvalue weighted by molar-refractivity contribution is 6.51. The van der Waals surface area contributed by atoms with Crippen molar-refractivity contribution in [3.8, 4) is 17.2 Å². The fourth-order valence-corrected chi connectivity index (χ4v) is 4.85. The Bertz CT molecular complexity index is 1380. The van der Waals surface area contributed by atoms with Crippen LogP contribution >= 0.6 is 0 Å². The van der Waals surface area contributed by atoms with Crippen molar-refractivity contribution in [2.75, 3.05) is 43.2 Å². The number of rotatable bonds is 7. The van der Waals surface area contributed by atoms with Crippen LogP contribution in [0.5, 0.6) is 17.2 Å². The molecule has 0 radical (unpaired) electrons. The quantitative estimate of drug-likeness (QED) is 0.271. The van der Waals surface area contributed by atoms with Crippen molar-refractivity contribution < 1.29 is 28.9 Å². The third-order valence-corrected chi connectivity index (χ3v) is 6.71. The molecule has 0 bridgehead atoms. The van der Waals surface area contributed by atoms with Gasteiger partial charge in [-0.05, 0) is 74.0 Å². The average Bonchev–Trinajstić information content (AvgIpc) is 3.19. The van der Waals surface area contributed by atoms with Crippen LogP contribution in [0.1, 0.15) is 31.0 Å². The van der Waals surface area contributed by atoms with E-state index in [-0.39, 0.29) is 11.3 Å². The van der Waals surface area contributed by atoms with E-state index in [4.69, 9.17) is 14.2 Å². The van der Waals surface area contributed by atoms with E-state index in [2.05, 4.69) is 0 Å². The second-order valence-electron chi connectivity index (χ2n) is 9.05. The first-order chi connectivity index (χ1) is 18.4. The van der Waals surface area contributed by atoms with Crippen LogP contribution in [0.3, 0.4) is 0 Å². The van der Waals surface area contributed by atoms with Crippen molar-refractivity contribution in [3.63, 3.8) is 0 Å². The van der Waals surface area contributed by atoms with Crippen LogP contribution in [0.2, 0.25) is 0 Å². The number of likely N-dealkylation sites (N-methyl/N-ethyl adjacent to an activating group) is 1. The largest absolute Gasteiger partial charge is 0.507 e. The van der Waals surface area contributed by atoms with Crippen molar-refractivity contribution in [2.24, 2.45) is 0 Å². The lowest BCUT2D eigenvalue weighted by Crippen LogP contribution is -2.29. The minimum atomic E-state index is -0.839. The first-order valence-corrected chi connectivity index (χ1v) is 12.7. The number of ether oxygens (including phenoxy) is 3. The first kappa shape index (κ1) is 25.2. The maximum Gasteiger partial charge on any atom is 0.300 e. The predicted octanol–water partition coefficient (Wildman–Crippen LogP) is 4.94. The number of amides is 1. The normalized spacial score (nSPS) is 18.2. The highest BCUT2D eigenvalue weighted by Crippen LogP contribution is 2.43. The molecule has 1 N–H and O–H groups in total. The second kappa shape index (κ2) is 10.5. The van der Waals surface area contributed by atoms with E-state index in [0.717, 1.165) is 5.69 Å². The second-order valence-corrected chi connectivity index (χ2v) is 9.05. The van der Waals surface area contributed by atoms with Crippen molar-refractivity contribution in [1.82, 2.24) is 0 Å². The van der Waals surface area contributed by atoms with Crippen LogP contribution in [0, 0.1) is 0 Å². The Morgan fingerprint density at radius 3 is 2.21 bits per heavy atom. The zero-order valence-corrected chi connectivity index (χ0v) is 21.6. The fourth-order valence-electron chi connectivity index (χ4n) is 4.85. The van der Waals surface area contributed by atoms with Gasteiger partial charge in [-0.1, -0.05) is 12.1 Å². The number of aliphatic hydroxyl groups is 1. The van der Waals surface area contributed by atoms with Gasteiger partial charge in [-0.15, -0.1) is 0 Å². The number of carbonyl (C=O) groups excluding carboxylic acids is 2. The third kappa shape index (κ3) is 4.53. The number of hydrogen-bond acceptors (Lipinski definition) is 7. The predicted molar refractivity (Wildman–Crippen MR) is 145 cm³/mol. The molecule has 8 heteroatoms. The van der Waals surface area contributed by atoms with Crippen LogP contribution in [0.15, 0.2) is 72.3 Å². The van der Waals surface area contributed by atoms with E-state index < -0.39 is 17.7 Å². The van der Waals surface area contributed by atoms with Gasteiger partial charge < -0.3 is 24.2 Å². The van der Waals surface area contributed by atoms with Gasteiger partial charge in [-0.25, -0.2) is 0 Å². The summed E-state index contributed by atoms with van der Waals surface area (Å²) in [5.41, 5.74) is 2.45. The number of hydrogen-bond donors (Lipinski definition) is 1. The molecule has 1 saturated heterocycles. The highest BCUT2D eigenvalue weighted by atomic mass is 16.5. The number of aliphatic hydroxyl groups excluding tert-OH is 1. The standard InChI is InChI=1S/C30H30N2O6/c1-4-36-22-11-6-19(7-12-22)27-26(28(33)20-8-15-25-24(18-20)31(3)16-17-38-25)29(34)30(35)32(27)21-9-13-23(14-10-21)37-5-2/h6-15,18,27,33H,4-5,16-17H2,1-3H3/b28-26-. The number of nitrogens with zero attached hydrogens (tertiary/aromatic N) is 2. The molecule has 38 heavy (non-hydrogen) atoms. The molecule has 0 saturated carbocycles. The van der Waals surface area contributed by atoms with E-state index in [9.17, 15) is 14.7 Å². The molecule has 3 aromatic carbocycles. The Morgan fingerprint density at radius 1 is 0.947 bits per heavy atom. The van der Waals surface area contributed by atoms with Crippen LogP contribution in [-0.2, 0) is 9.59 Å². The molecule has 0 aliphatic carbocycles. The highest BCUT2D eigenvalue weighted by Gasteiger charge is 2.47. The SMILES string of the molecule is CCOc1ccc(C2/C(=C(/O)c3ccc4c(c3)N(C)CCO4)C(=O)C(=O)N2c2ccc(OCC)cc2)cc1. The number of Topliss-reactive ketones (excluding diaryl/α,β-unsaturated/α-hetero) is 1. The van der Waals surface area contributed by atoms with Gasteiger partial charge >= 0.3 is 0 Å². The number of ketones is 1. The summed E-state index contributed by atoms with van der Waals surface area (Å²) in [6, 6.07) is 18.6. The Kier molecular flexibility index (Phi) is 6.96. The Hall–Kier alpha value is -4.46. The van der Waals surface area contributed by atoms with Crippen LogP contribution in [0.25, 0.3) is 5.76 Å². The Labute approximate surface area is 221 Å². The molecule has 1 amide bonds. The molecule has 3 aromatic rings. The van der Waals surface area contributed by atoms with Gasteiger partial charge in [0, 0.05) is 18.3 Å². The number of benzene rings is 3. The lowest BCUT2D eigenvalue weighted by molar-refractivity contribution is -0.132. The van der Waals surface area contributed by atoms with Crippen molar-refractivity contribution in [1.29, 1.82) is 0 Å². The molecule has 0 aromatic heterocycles. The molecule has 196 valence electrons. The summed E-state index contributed by atoms with van der Waals surface area (Å²) in [5, 5.41) is 11.5. The van der Waals surface area contributed by atoms with Crippen molar-refractivity contribution >= 4 is 28.8 Å². The average molecular weight is 515 g/mol. The summed E-state index contributed by atoms with van der Waals surface area (Å²) >= 11 is 0. The molecular formula is C30H30N2O6. The molecule has 1 fully saturated rings. The van der Waals surface area contributed by atoms with Gasteiger partial charge in [-0.2, -0.15) is 0 Å². The summed E-state index contributed by atoms with van der Waals surface area (Å²) in [7, 11) is 1.94. The molecule has 1 unspecified atom stereocenters. The van der Waals surface area contributed by atoms with Crippen LogP contribution in [0.4, 0.5) is 11.4 Å². The summed E-state index contributed by atoms with van der Waals surface area (Å²) in [5.74, 6) is 0.328. The molecule has 8 nitrogen and oxygen atoms in total. The topological polar surface area (TPSA) is 88.5 Å². The Morgan fingerprint density at radius 2 is 1.58 bits per heavy atom. The Balaban J connectivity index is 1.64.